The Hall–Kier alpha value is -4.46. The normalized spacial score (nSPS) is 12.3. The van der Waals surface area contributed by atoms with Crippen molar-refractivity contribution in [3.8, 4) is 11.3 Å². The van der Waals surface area contributed by atoms with Crippen molar-refractivity contribution in [1.82, 2.24) is 14.5 Å². The van der Waals surface area contributed by atoms with Crippen molar-refractivity contribution in [2.75, 3.05) is 11.1 Å². The summed E-state index contributed by atoms with van der Waals surface area (Å²) in [5.74, 6) is 0.604. The first-order valence-corrected chi connectivity index (χ1v) is 12.0. The monoisotopic (exact) mass is 482 g/mol. The zero-order valence-electron chi connectivity index (χ0n) is 20.4. The van der Waals surface area contributed by atoms with Crippen molar-refractivity contribution < 1.29 is 0 Å². The number of amidine groups is 1. The number of nitrogens with zero attached hydrogens (tertiary/aromatic N) is 3. The maximum atomic E-state index is 12.9. The molecule has 4 rings (SSSR count). The third-order valence-electron chi connectivity index (χ3n) is 6.04. The Labute approximate surface area is 209 Å². The van der Waals surface area contributed by atoms with E-state index in [0.29, 0.717) is 18.9 Å². The van der Waals surface area contributed by atoms with Gasteiger partial charge in [0.25, 0.3) is 5.56 Å². The number of aromatic amines is 1. The number of nitrogens with two attached hydrogens (primary N) is 1. The number of aliphatic imine (C=N–C) groups is 1. The van der Waals surface area contributed by atoms with E-state index in [0.717, 1.165) is 28.9 Å². The maximum absolute atomic E-state index is 12.9. The van der Waals surface area contributed by atoms with Gasteiger partial charge in [0.05, 0.1) is 12.2 Å². The molecule has 0 aliphatic heterocycles. The number of hydrogen-bond donors (Lipinski definition) is 3. The minimum absolute atomic E-state index is 0.0942. The standard InChI is InChI=1S/C28H30N6O2/c1-3-19(2)18-34-25(29)24(27(35)33-28(34)36)26(32-22-9-5-4-6-10-22)31-17-20-12-14-21(15-13-20)23-11-7-8-16-30-23/h4-16,19H,3,17-18,29H2,1-2H3,(H,31,32)(H,33,35,36)/t19-/m0/s1. The van der Waals surface area contributed by atoms with Crippen LogP contribution in [0, 0.1) is 5.92 Å². The molecule has 4 aromatic rings. The van der Waals surface area contributed by atoms with Crippen molar-refractivity contribution in [3.63, 3.8) is 0 Å². The summed E-state index contributed by atoms with van der Waals surface area (Å²) in [6.07, 6.45) is 2.63. The van der Waals surface area contributed by atoms with Gasteiger partial charge in [0, 0.05) is 24.0 Å². The van der Waals surface area contributed by atoms with Crippen LogP contribution in [0.25, 0.3) is 11.3 Å². The summed E-state index contributed by atoms with van der Waals surface area (Å²) in [4.78, 5) is 37.0. The predicted molar refractivity (Wildman–Crippen MR) is 145 cm³/mol. The predicted octanol–water partition coefficient (Wildman–Crippen LogP) is 4.29. The van der Waals surface area contributed by atoms with Crippen molar-refractivity contribution in [1.29, 1.82) is 0 Å². The molecule has 4 N–H and O–H groups in total. The third-order valence-corrected chi connectivity index (χ3v) is 6.04. The third kappa shape index (κ3) is 5.78. The number of hydrogen-bond acceptors (Lipinski definition) is 5. The van der Waals surface area contributed by atoms with Crippen LogP contribution >= 0.6 is 0 Å². The largest absolute Gasteiger partial charge is 0.384 e. The number of rotatable bonds is 8. The molecule has 0 spiro atoms. The zero-order chi connectivity index (χ0) is 25.5. The second-order valence-corrected chi connectivity index (χ2v) is 8.71. The van der Waals surface area contributed by atoms with Crippen LogP contribution in [0.15, 0.2) is 93.6 Å². The van der Waals surface area contributed by atoms with E-state index in [4.69, 9.17) is 10.7 Å². The molecule has 2 aromatic heterocycles. The SMILES string of the molecule is CC[C@H](C)Cn1c(N)c(C(=NCc2ccc(-c3ccccn3)cc2)Nc2ccccc2)c(=O)[nH]c1=O. The van der Waals surface area contributed by atoms with E-state index >= 15 is 0 Å². The minimum atomic E-state index is -0.578. The minimum Gasteiger partial charge on any atom is -0.384 e. The molecule has 0 aliphatic rings. The van der Waals surface area contributed by atoms with Crippen LogP contribution in [0.5, 0.6) is 0 Å². The molecular formula is C28H30N6O2. The Morgan fingerprint density at radius 2 is 1.78 bits per heavy atom. The van der Waals surface area contributed by atoms with Gasteiger partial charge < -0.3 is 11.1 Å². The zero-order valence-corrected chi connectivity index (χ0v) is 20.4. The summed E-state index contributed by atoms with van der Waals surface area (Å²) >= 11 is 0. The summed E-state index contributed by atoms with van der Waals surface area (Å²) in [5.41, 5.74) is 9.05. The highest BCUT2D eigenvalue weighted by Crippen LogP contribution is 2.18. The maximum Gasteiger partial charge on any atom is 0.329 e. The Balaban J connectivity index is 1.71. The number of anilines is 2. The highest BCUT2D eigenvalue weighted by Gasteiger charge is 2.19. The first-order chi connectivity index (χ1) is 17.5. The number of para-hydroxylation sites is 1. The second kappa shape index (κ2) is 11.3. The number of nitrogen functional groups attached to an aromatic ring is 1. The molecule has 0 bridgehead atoms. The summed E-state index contributed by atoms with van der Waals surface area (Å²) < 4.78 is 1.41. The van der Waals surface area contributed by atoms with E-state index in [-0.39, 0.29) is 17.3 Å². The molecule has 8 heteroatoms. The fraction of sp³-hybridized carbons (Fsp3) is 0.214. The number of nitrogens with one attached hydrogen (secondary N) is 2. The lowest BCUT2D eigenvalue weighted by Gasteiger charge is -2.17. The Bertz CT molecular complexity index is 1440. The van der Waals surface area contributed by atoms with Gasteiger partial charge >= 0.3 is 5.69 Å². The van der Waals surface area contributed by atoms with Gasteiger partial charge in [-0.05, 0) is 35.7 Å². The van der Waals surface area contributed by atoms with E-state index in [1.54, 1.807) is 6.20 Å². The van der Waals surface area contributed by atoms with E-state index < -0.39 is 11.2 Å². The van der Waals surface area contributed by atoms with E-state index in [9.17, 15) is 9.59 Å². The van der Waals surface area contributed by atoms with E-state index in [1.165, 1.54) is 4.57 Å². The smallest absolute Gasteiger partial charge is 0.329 e. The number of benzene rings is 2. The van der Waals surface area contributed by atoms with Crippen LogP contribution in [0.2, 0.25) is 0 Å². The first-order valence-electron chi connectivity index (χ1n) is 12.0. The molecular weight excluding hydrogens is 452 g/mol. The van der Waals surface area contributed by atoms with Gasteiger partial charge in [0.1, 0.15) is 17.2 Å². The lowest BCUT2D eigenvalue weighted by Crippen LogP contribution is -2.38. The van der Waals surface area contributed by atoms with Crippen molar-refractivity contribution in [2.24, 2.45) is 10.9 Å². The number of H-pyrrole nitrogens is 1. The van der Waals surface area contributed by atoms with Gasteiger partial charge in [-0.15, -0.1) is 0 Å². The molecule has 0 saturated heterocycles. The fourth-order valence-electron chi connectivity index (χ4n) is 3.76. The first kappa shape index (κ1) is 24.7. The van der Waals surface area contributed by atoms with Crippen molar-refractivity contribution in [2.45, 2.75) is 33.4 Å². The fourth-order valence-corrected chi connectivity index (χ4v) is 3.76. The molecule has 2 aromatic carbocycles. The van der Waals surface area contributed by atoms with Crippen LogP contribution in [0.3, 0.4) is 0 Å². The second-order valence-electron chi connectivity index (χ2n) is 8.71. The van der Waals surface area contributed by atoms with Crippen molar-refractivity contribution in [3.05, 3.63) is 111 Å². The summed E-state index contributed by atoms with van der Waals surface area (Å²) in [7, 11) is 0. The quantitative estimate of drug-likeness (QED) is 0.256. The van der Waals surface area contributed by atoms with Gasteiger partial charge in [-0.25, -0.2) is 4.79 Å². The van der Waals surface area contributed by atoms with E-state index in [2.05, 4.69) is 15.3 Å². The molecule has 36 heavy (non-hydrogen) atoms. The van der Waals surface area contributed by atoms with Gasteiger partial charge in [-0.1, -0.05) is 68.8 Å². The highest BCUT2D eigenvalue weighted by molar-refractivity contribution is 6.10. The molecule has 184 valence electrons. The Morgan fingerprint density at radius 3 is 2.44 bits per heavy atom. The molecule has 1 atom stereocenters. The Kier molecular flexibility index (Phi) is 7.75. The van der Waals surface area contributed by atoms with Gasteiger partial charge in [0.2, 0.25) is 0 Å². The average molecular weight is 483 g/mol. The van der Waals surface area contributed by atoms with Crippen molar-refractivity contribution >= 4 is 17.3 Å². The molecule has 0 unspecified atom stereocenters. The van der Waals surface area contributed by atoms with E-state index in [1.807, 2.05) is 86.6 Å². The van der Waals surface area contributed by atoms with Gasteiger partial charge in [-0.3, -0.25) is 24.3 Å². The summed E-state index contributed by atoms with van der Waals surface area (Å²) in [6.45, 7) is 4.78. The number of aromatic nitrogens is 3. The van der Waals surface area contributed by atoms with Crippen LogP contribution < -0.4 is 22.3 Å². The molecule has 0 aliphatic carbocycles. The van der Waals surface area contributed by atoms with Crippen LogP contribution in [0.4, 0.5) is 11.5 Å². The van der Waals surface area contributed by atoms with Crippen LogP contribution in [-0.2, 0) is 13.1 Å². The summed E-state index contributed by atoms with van der Waals surface area (Å²) in [6, 6.07) is 23.1. The molecule has 0 radical (unpaired) electrons. The highest BCUT2D eigenvalue weighted by atomic mass is 16.2. The average Bonchev–Trinajstić information content (AvgIpc) is 2.90. The molecule has 8 nitrogen and oxygen atoms in total. The van der Waals surface area contributed by atoms with Crippen LogP contribution in [0.1, 0.15) is 31.4 Å². The molecule has 0 amide bonds. The lowest BCUT2D eigenvalue weighted by atomic mass is 10.1. The topological polar surface area (TPSA) is 118 Å². The van der Waals surface area contributed by atoms with Gasteiger partial charge in [-0.2, -0.15) is 0 Å². The number of pyridine rings is 1. The molecule has 2 heterocycles. The lowest BCUT2D eigenvalue weighted by molar-refractivity contribution is 0.458. The van der Waals surface area contributed by atoms with Crippen LogP contribution in [-0.4, -0.2) is 20.4 Å². The molecule has 0 saturated carbocycles. The Morgan fingerprint density at radius 1 is 1.06 bits per heavy atom. The van der Waals surface area contributed by atoms with Gasteiger partial charge in [0.15, 0.2) is 0 Å². The molecule has 0 fully saturated rings. The summed E-state index contributed by atoms with van der Waals surface area (Å²) in [5, 5.41) is 3.22.